The van der Waals surface area contributed by atoms with E-state index in [4.69, 9.17) is 4.74 Å². The molecule has 2 aromatic carbocycles. The van der Waals surface area contributed by atoms with Gasteiger partial charge in [0.05, 0.1) is 0 Å². The van der Waals surface area contributed by atoms with Crippen molar-refractivity contribution >= 4 is 11.8 Å². The van der Waals surface area contributed by atoms with Gasteiger partial charge in [0.25, 0.3) is 0 Å². The molecule has 0 N–H and O–H groups in total. The number of rotatable bonds is 7. The van der Waals surface area contributed by atoms with Crippen LogP contribution in [0, 0.1) is 17.2 Å². The Morgan fingerprint density at radius 3 is 2.26 bits per heavy atom. The van der Waals surface area contributed by atoms with E-state index in [-0.39, 0.29) is 35.2 Å². The van der Waals surface area contributed by atoms with Gasteiger partial charge >= 0.3 is 257 Å². The van der Waals surface area contributed by atoms with Crippen LogP contribution in [0.4, 0.5) is 17.6 Å². The van der Waals surface area contributed by atoms with Gasteiger partial charge in [0, 0.05) is 0 Å². The first kappa shape index (κ1) is 32.5. The van der Waals surface area contributed by atoms with Gasteiger partial charge in [0.1, 0.15) is 0 Å². The van der Waals surface area contributed by atoms with Crippen molar-refractivity contribution < 1.29 is 53.4 Å². The van der Waals surface area contributed by atoms with Crippen LogP contribution in [0.5, 0.6) is 5.75 Å². The third-order valence-corrected chi connectivity index (χ3v) is 11.0. The predicted octanol–water partition coefficient (Wildman–Crippen LogP) is 3.03. The molecular formula is C31H39F4IN3O3-. The van der Waals surface area contributed by atoms with Gasteiger partial charge in [-0.25, -0.2) is 0 Å². The monoisotopic (exact) mass is 704 g/mol. The average Bonchev–Trinajstić information content (AvgIpc) is 2.92. The summed E-state index contributed by atoms with van der Waals surface area (Å²) in [7, 11) is 0. The third kappa shape index (κ3) is 8.36. The number of ether oxygens (including phenoxy) is 1. The minimum absolute atomic E-state index is 0.0608. The molecule has 2 heterocycles. The van der Waals surface area contributed by atoms with Gasteiger partial charge in [-0.1, -0.05) is 0 Å². The van der Waals surface area contributed by atoms with Crippen LogP contribution in [0.3, 0.4) is 0 Å². The van der Waals surface area contributed by atoms with Crippen molar-refractivity contribution in [3.8, 4) is 5.75 Å². The van der Waals surface area contributed by atoms with Crippen molar-refractivity contribution in [2.24, 2.45) is 11.3 Å². The van der Waals surface area contributed by atoms with Gasteiger partial charge in [-0.2, -0.15) is 0 Å². The second-order valence-corrected chi connectivity index (χ2v) is 14.6. The summed E-state index contributed by atoms with van der Waals surface area (Å²) in [6.07, 6.45) is -2.43. The molecule has 11 heteroatoms. The van der Waals surface area contributed by atoms with Crippen molar-refractivity contribution in [1.29, 1.82) is 0 Å². The van der Waals surface area contributed by atoms with Crippen LogP contribution in [0.25, 0.3) is 0 Å². The zero-order valence-corrected chi connectivity index (χ0v) is 26.6. The van der Waals surface area contributed by atoms with Crippen LogP contribution < -0.4 is 26.2 Å². The molecule has 0 aliphatic carbocycles. The molecule has 2 aliphatic heterocycles. The normalized spacial score (nSPS) is 20.1. The van der Waals surface area contributed by atoms with Crippen molar-refractivity contribution in [3.63, 3.8) is 0 Å². The first-order chi connectivity index (χ1) is 19.7. The van der Waals surface area contributed by atoms with E-state index in [1.807, 2.05) is 35.2 Å². The molecule has 0 aromatic heterocycles. The van der Waals surface area contributed by atoms with Gasteiger partial charge in [-0.05, 0) is 0 Å². The second-order valence-electron chi connectivity index (χ2n) is 12.2. The van der Waals surface area contributed by atoms with Crippen LogP contribution in [0.15, 0.2) is 48.5 Å². The van der Waals surface area contributed by atoms with E-state index in [1.54, 1.807) is 13.0 Å². The Balaban J connectivity index is 1.54. The number of likely N-dealkylation sites (tertiary alicyclic amines) is 1. The molecule has 2 aromatic rings. The van der Waals surface area contributed by atoms with Crippen LogP contribution in [0.1, 0.15) is 64.1 Å². The van der Waals surface area contributed by atoms with E-state index in [0.717, 1.165) is 18.4 Å². The fourth-order valence-electron chi connectivity index (χ4n) is 5.58. The van der Waals surface area contributed by atoms with E-state index in [0.29, 0.717) is 36.2 Å². The quantitative estimate of drug-likeness (QED) is 0.146. The van der Waals surface area contributed by atoms with Gasteiger partial charge in [-0.15, -0.1) is 0 Å². The Kier molecular flexibility index (Phi) is 10.4. The van der Waals surface area contributed by atoms with E-state index < -0.39 is 45.8 Å². The average molecular weight is 705 g/mol. The molecule has 6 nitrogen and oxygen atoms in total. The van der Waals surface area contributed by atoms with Crippen molar-refractivity contribution in [1.82, 2.24) is 12.9 Å². The summed E-state index contributed by atoms with van der Waals surface area (Å²) in [4.78, 5) is 29.5. The van der Waals surface area contributed by atoms with Crippen LogP contribution in [-0.4, -0.2) is 67.7 Å². The first-order valence-electron chi connectivity index (χ1n) is 14.2. The summed E-state index contributed by atoms with van der Waals surface area (Å²) in [5.41, 5.74) is 1.34. The summed E-state index contributed by atoms with van der Waals surface area (Å²) in [6.45, 7) is 8.35. The van der Waals surface area contributed by atoms with E-state index in [1.165, 1.54) is 12.1 Å². The standard InChI is InChI=1S/C31H39F4IN3O3/c1-21(40)37-14-12-22(13-15-37)16-28(41)39-27(30(2,3)4)18-38(20-36-39)29(23-8-6-5-7-9-23)24-10-11-26(25(32)17-24)42-19-31(33,34)35/h5-11,17,22,27,29H,12-16,18-20H2,1-4H3/q-1/t27-,29?/m1/s1. The first-order valence-corrected chi connectivity index (χ1v) is 16.7. The summed E-state index contributed by atoms with van der Waals surface area (Å²) < 4.78 is 60.4. The van der Waals surface area contributed by atoms with E-state index in [2.05, 4.69) is 28.8 Å². The summed E-state index contributed by atoms with van der Waals surface area (Å²) in [5.74, 6) is -0.784. The molecule has 0 radical (unpaired) electrons. The number of piperidine rings is 1. The minimum atomic E-state index is -4.56. The summed E-state index contributed by atoms with van der Waals surface area (Å²) in [5, 5.41) is 0. The van der Waals surface area contributed by atoms with Crippen LogP contribution in [-0.2, 0) is 9.59 Å². The number of carbonyl (C=O) groups is 2. The second kappa shape index (κ2) is 13.5. The van der Waals surface area contributed by atoms with E-state index in [9.17, 15) is 22.8 Å². The van der Waals surface area contributed by atoms with Crippen molar-refractivity contribution in [3.05, 3.63) is 65.5 Å². The Hall–Kier alpha value is -2.41. The number of hydrogen-bond donors (Lipinski definition) is 0. The molecular weight excluding hydrogens is 665 g/mol. The zero-order chi connectivity index (χ0) is 30.7. The molecule has 1 unspecified atom stereocenters. The van der Waals surface area contributed by atoms with Gasteiger partial charge in [0.2, 0.25) is 0 Å². The molecule has 0 spiro atoms. The third-order valence-electron chi connectivity index (χ3n) is 7.92. The number of halogens is 5. The maximum atomic E-state index is 15.0. The van der Waals surface area contributed by atoms with Crippen LogP contribution >= 0.6 is 0 Å². The van der Waals surface area contributed by atoms with Crippen molar-refractivity contribution in [2.45, 2.75) is 65.2 Å². The maximum absolute atomic E-state index is 15.0. The number of alkyl halides is 4. The molecule has 2 saturated heterocycles. The predicted molar refractivity (Wildman–Crippen MR) is 147 cm³/mol. The fourth-order valence-corrected chi connectivity index (χ4v) is 9.04. The fraction of sp³-hybridized carbons (Fsp3) is 0.548. The van der Waals surface area contributed by atoms with Gasteiger partial charge in [0.15, 0.2) is 0 Å². The Labute approximate surface area is 256 Å². The summed E-state index contributed by atoms with van der Waals surface area (Å²) in [6, 6.07) is 13.4. The van der Waals surface area contributed by atoms with Crippen molar-refractivity contribution in [2.75, 3.05) is 30.8 Å². The Morgan fingerprint density at radius 2 is 1.69 bits per heavy atom. The topological polar surface area (TPSA) is 53.1 Å². The molecule has 232 valence electrons. The number of carbonyl (C=O) groups excluding carboxylic acids is 2. The number of benzene rings is 2. The molecule has 2 amide bonds. The number of amides is 2. The molecule has 4 rings (SSSR count). The number of nitrogens with zero attached hydrogens (tertiary/aromatic N) is 3. The van der Waals surface area contributed by atoms with Crippen LogP contribution in [0.2, 0.25) is 0 Å². The molecule has 2 atom stereocenters. The zero-order valence-electron chi connectivity index (χ0n) is 24.5. The number of hydrogen-bond acceptors (Lipinski definition) is 4. The molecule has 0 saturated carbocycles. The molecule has 42 heavy (non-hydrogen) atoms. The van der Waals surface area contributed by atoms with E-state index >= 15 is 4.39 Å². The molecule has 2 fully saturated rings. The molecule has 0 bridgehead atoms. The Bertz CT molecular complexity index is 1230. The SMILES string of the molecule is CC(=O)N1CCC(CC(=O)N2[I-]CN(C(c3ccccc3)c3ccc(OCC(F)(F)F)c(F)c3)C[C@@H]2C(C)(C)C)CC1. The molecule has 2 aliphatic rings. The Morgan fingerprint density at radius 1 is 1.02 bits per heavy atom. The summed E-state index contributed by atoms with van der Waals surface area (Å²) >= 11 is -0.736. The van der Waals surface area contributed by atoms with Gasteiger partial charge < -0.3 is 0 Å². The van der Waals surface area contributed by atoms with Gasteiger partial charge in [-0.3, -0.25) is 0 Å².